The van der Waals surface area contributed by atoms with E-state index in [-0.39, 0.29) is 37.5 Å². The van der Waals surface area contributed by atoms with Crippen molar-refractivity contribution >= 4 is 17.9 Å². The lowest BCUT2D eigenvalue weighted by Gasteiger charge is -2.18. The molecule has 0 saturated heterocycles. The van der Waals surface area contributed by atoms with Crippen LogP contribution in [0.5, 0.6) is 0 Å². The van der Waals surface area contributed by atoms with Crippen molar-refractivity contribution in [2.45, 2.75) is 258 Å². The zero-order valence-corrected chi connectivity index (χ0v) is 40.2. The topological polar surface area (TPSA) is 78.9 Å². The van der Waals surface area contributed by atoms with Crippen molar-refractivity contribution in [2.24, 2.45) is 0 Å². The molecule has 1 unspecified atom stereocenters. The predicted octanol–water partition coefficient (Wildman–Crippen LogP) is 16.9. The van der Waals surface area contributed by atoms with Crippen molar-refractivity contribution < 1.29 is 28.6 Å². The van der Waals surface area contributed by atoms with Gasteiger partial charge in [-0.05, 0) is 70.6 Å². The molecule has 1 atom stereocenters. The van der Waals surface area contributed by atoms with Gasteiger partial charge in [0.2, 0.25) is 0 Å². The van der Waals surface area contributed by atoms with E-state index in [9.17, 15) is 14.4 Å². The zero-order chi connectivity index (χ0) is 44.4. The van der Waals surface area contributed by atoms with Crippen LogP contribution in [-0.2, 0) is 28.6 Å². The second-order valence-corrected chi connectivity index (χ2v) is 17.1. The molecule has 0 aliphatic rings. The van der Waals surface area contributed by atoms with E-state index in [1.54, 1.807) is 0 Å². The Morgan fingerprint density at radius 3 is 1.07 bits per heavy atom. The van der Waals surface area contributed by atoms with Gasteiger partial charge in [0, 0.05) is 19.3 Å². The van der Waals surface area contributed by atoms with Gasteiger partial charge in [-0.3, -0.25) is 14.4 Å². The molecule has 0 aromatic heterocycles. The predicted molar refractivity (Wildman–Crippen MR) is 261 cm³/mol. The van der Waals surface area contributed by atoms with Crippen LogP contribution < -0.4 is 0 Å². The van der Waals surface area contributed by atoms with Crippen molar-refractivity contribution in [1.29, 1.82) is 0 Å². The standard InChI is InChI=1S/C55H96O6/c1-4-7-10-13-16-19-22-24-25-26-27-28-29-31-33-36-39-42-45-48-54(57)60-51-52(50-59-53(56)47-44-41-38-35-32-21-18-15-12-9-6-3)61-55(58)49-46-43-40-37-34-30-23-20-17-14-11-8-5-2/h7,10,16,19,24-25,30,34,40,43,52H,4-6,8-9,11-15,17-18,20-23,26-29,31-33,35-39,41-42,44-51H2,1-3H3/b10-7-,19-16-,25-24-,34-30-,43-40-. The number of carbonyl (C=O) groups is 3. The lowest BCUT2D eigenvalue weighted by Crippen LogP contribution is -2.30. The summed E-state index contributed by atoms with van der Waals surface area (Å²) in [4.78, 5) is 37.9. The first kappa shape index (κ1) is 58.1. The second-order valence-electron chi connectivity index (χ2n) is 17.1. The quantitative estimate of drug-likeness (QED) is 0.0263. The van der Waals surface area contributed by atoms with E-state index in [4.69, 9.17) is 14.2 Å². The highest BCUT2D eigenvalue weighted by atomic mass is 16.6. The Hall–Kier alpha value is -2.89. The number of carbonyl (C=O) groups excluding carboxylic acids is 3. The van der Waals surface area contributed by atoms with Gasteiger partial charge in [-0.2, -0.15) is 0 Å². The maximum Gasteiger partial charge on any atom is 0.306 e. The lowest BCUT2D eigenvalue weighted by molar-refractivity contribution is -0.166. The van der Waals surface area contributed by atoms with Gasteiger partial charge in [-0.1, -0.05) is 223 Å². The second kappa shape index (κ2) is 49.8. The Balaban J connectivity index is 4.38. The smallest absolute Gasteiger partial charge is 0.306 e. The van der Waals surface area contributed by atoms with Crippen molar-refractivity contribution in [3.63, 3.8) is 0 Å². The largest absolute Gasteiger partial charge is 0.462 e. The van der Waals surface area contributed by atoms with Gasteiger partial charge in [0.25, 0.3) is 0 Å². The molecule has 0 N–H and O–H groups in total. The number of rotatable bonds is 46. The van der Waals surface area contributed by atoms with Crippen LogP contribution in [0.2, 0.25) is 0 Å². The number of allylic oxidation sites excluding steroid dienone is 10. The first-order valence-electron chi connectivity index (χ1n) is 25.8. The molecule has 0 spiro atoms. The third kappa shape index (κ3) is 48.0. The van der Waals surface area contributed by atoms with Crippen molar-refractivity contribution in [1.82, 2.24) is 0 Å². The van der Waals surface area contributed by atoms with Crippen molar-refractivity contribution in [2.75, 3.05) is 13.2 Å². The summed E-state index contributed by atoms with van der Waals surface area (Å²) < 4.78 is 16.7. The van der Waals surface area contributed by atoms with Crippen LogP contribution in [0.25, 0.3) is 0 Å². The summed E-state index contributed by atoms with van der Waals surface area (Å²) in [5.41, 5.74) is 0. The first-order valence-corrected chi connectivity index (χ1v) is 25.8. The van der Waals surface area contributed by atoms with Crippen LogP contribution in [0.4, 0.5) is 0 Å². The highest BCUT2D eigenvalue weighted by Crippen LogP contribution is 2.15. The molecule has 0 amide bonds. The number of unbranched alkanes of at least 4 members (excludes halogenated alkanes) is 25. The monoisotopic (exact) mass is 853 g/mol. The third-order valence-electron chi connectivity index (χ3n) is 11.0. The highest BCUT2D eigenvalue weighted by Gasteiger charge is 2.19. The minimum Gasteiger partial charge on any atom is -0.462 e. The van der Waals surface area contributed by atoms with Gasteiger partial charge in [0.15, 0.2) is 6.10 Å². The average molecular weight is 853 g/mol. The summed E-state index contributed by atoms with van der Waals surface area (Å²) in [6, 6.07) is 0. The molecular formula is C55H96O6. The van der Waals surface area contributed by atoms with E-state index < -0.39 is 6.10 Å². The fraction of sp³-hybridized carbons (Fsp3) is 0.764. The Morgan fingerprint density at radius 2 is 0.672 bits per heavy atom. The van der Waals surface area contributed by atoms with Crippen LogP contribution in [-0.4, -0.2) is 37.2 Å². The molecular weight excluding hydrogens is 757 g/mol. The van der Waals surface area contributed by atoms with E-state index in [1.807, 2.05) is 6.08 Å². The Labute approximate surface area is 377 Å². The van der Waals surface area contributed by atoms with Crippen LogP contribution in [0, 0.1) is 0 Å². The molecule has 0 radical (unpaired) electrons. The summed E-state index contributed by atoms with van der Waals surface area (Å²) in [6.07, 6.45) is 60.7. The molecule has 61 heavy (non-hydrogen) atoms. The summed E-state index contributed by atoms with van der Waals surface area (Å²) in [5, 5.41) is 0. The SMILES string of the molecule is CC/C=C\C/C=C\C/C=C\CCCCCCCCCCCC(=O)OCC(COC(=O)CCCCCCCCCCCCC)OC(=O)CC/C=C\C/C=C\CCCCCCCC. The van der Waals surface area contributed by atoms with Gasteiger partial charge in [-0.15, -0.1) is 0 Å². The number of esters is 3. The molecule has 0 rings (SSSR count). The van der Waals surface area contributed by atoms with E-state index in [2.05, 4.69) is 75.5 Å². The van der Waals surface area contributed by atoms with E-state index in [0.29, 0.717) is 19.3 Å². The van der Waals surface area contributed by atoms with Crippen molar-refractivity contribution in [3.8, 4) is 0 Å². The number of hydrogen-bond donors (Lipinski definition) is 0. The fourth-order valence-corrected chi connectivity index (χ4v) is 7.16. The summed E-state index contributed by atoms with van der Waals surface area (Å²) in [5.74, 6) is -0.967. The van der Waals surface area contributed by atoms with Gasteiger partial charge < -0.3 is 14.2 Å². The van der Waals surface area contributed by atoms with Crippen LogP contribution in [0.3, 0.4) is 0 Å². The molecule has 0 aliphatic heterocycles. The number of ether oxygens (including phenoxy) is 3. The molecule has 0 fully saturated rings. The highest BCUT2D eigenvalue weighted by molar-refractivity contribution is 5.71. The average Bonchev–Trinajstić information content (AvgIpc) is 3.26. The Morgan fingerprint density at radius 1 is 0.344 bits per heavy atom. The molecule has 6 heteroatoms. The summed E-state index contributed by atoms with van der Waals surface area (Å²) in [6.45, 7) is 6.46. The summed E-state index contributed by atoms with van der Waals surface area (Å²) in [7, 11) is 0. The lowest BCUT2D eigenvalue weighted by atomic mass is 10.1. The summed E-state index contributed by atoms with van der Waals surface area (Å²) >= 11 is 0. The fourth-order valence-electron chi connectivity index (χ4n) is 7.16. The van der Waals surface area contributed by atoms with Gasteiger partial charge >= 0.3 is 17.9 Å². The molecule has 0 heterocycles. The van der Waals surface area contributed by atoms with Crippen LogP contribution in [0.1, 0.15) is 252 Å². The van der Waals surface area contributed by atoms with E-state index in [1.165, 1.54) is 135 Å². The van der Waals surface area contributed by atoms with E-state index in [0.717, 1.165) is 70.6 Å². The molecule has 0 saturated carbocycles. The van der Waals surface area contributed by atoms with E-state index >= 15 is 0 Å². The molecule has 0 bridgehead atoms. The minimum atomic E-state index is -0.803. The zero-order valence-electron chi connectivity index (χ0n) is 40.2. The maximum atomic E-state index is 12.7. The first-order chi connectivity index (χ1) is 30.0. The number of hydrogen-bond acceptors (Lipinski definition) is 6. The third-order valence-corrected chi connectivity index (χ3v) is 11.0. The maximum absolute atomic E-state index is 12.7. The molecule has 0 aromatic carbocycles. The van der Waals surface area contributed by atoms with Gasteiger partial charge in [0.05, 0.1) is 0 Å². The molecule has 0 aromatic rings. The molecule has 352 valence electrons. The molecule has 6 nitrogen and oxygen atoms in total. The Bertz CT molecular complexity index is 1120. The molecule has 0 aliphatic carbocycles. The normalized spacial score (nSPS) is 12.5. The minimum absolute atomic E-state index is 0.0964. The Kier molecular flexibility index (Phi) is 47.4. The van der Waals surface area contributed by atoms with Gasteiger partial charge in [0.1, 0.15) is 13.2 Å². The van der Waals surface area contributed by atoms with Crippen molar-refractivity contribution in [3.05, 3.63) is 60.8 Å². The van der Waals surface area contributed by atoms with Crippen LogP contribution >= 0.6 is 0 Å². The van der Waals surface area contributed by atoms with Gasteiger partial charge in [-0.25, -0.2) is 0 Å². The van der Waals surface area contributed by atoms with Crippen LogP contribution in [0.15, 0.2) is 60.8 Å².